The van der Waals surface area contributed by atoms with Crippen LogP contribution in [0.25, 0.3) is 10.9 Å². The zero-order valence-corrected chi connectivity index (χ0v) is 13.6. The molecule has 1 unspecified atom stereocenters. The van der Waals surface area contributed by atoms with Gasteiger partial charge in [0.25, 0.3) is 11.5 Å². The van der Waals surface area contributed by atoms with Crippen LogP contribution in [-0.2, 0) is 6.42 Å². The van der Waals surface area contributed by atoms with Crippen molar-refractivity contribution in [2.24, 2.45) is 0 Å². The highest BCUT2D eigenvalue weighted by molar-refractivity contribution is 5.97. The van der Waals surface area contributed by atoms with Crippen LogP contribution < -0.4 is 10.9 Å². The van der Waals surface area contributed by atoms with E-state index in [0.717, 1.165) is 23.7 Å². The minimum Gasteiger partial charge on any atom is -0.349 e. The van der Waals surface area contributed by atoms with Crippen LogP contribution in [0, 0.1) is 0 Å². The summed E-state index contributed by atoms with van der Waals surface area (Å²) in [6.07, 6.45) is 1.71. The second-order valence-corrected chi connectivity index (χ2v) is 6.00. The van der Waals surface area contributed by atoms with Crippen molar-refractivity contribution >= 4 is 16.8 Å². The number of pyridine rings is 1. The van der Waals surface area contributed by atoms with Gasteiger partial charge in [-0.2, -0.15) is 0 Å². The molecule has 122 valence electrons. The molecule has 0 saturated heterocycles. The third kappa shape index (κ3) is 3.71. The smallest absolute Gasteiger partial charge is 0.261 e. The van der Waals surface area contributed by atoms with Gasteiger partial charge in [0.05, 0.1) is 0 Å². The highest BCUT2D eigenvalue weighted by Gasteiger charge is 2.14. The summed E-state index contributed by atoms with van der Waals surface area (Å²) >= 11 is 0. The zero-order valence-electron chi connectivity index (χ0n) is 13.6. The summed E-state index contributed by atoms with van der Waals surface area (Å²) in [4.78, 5) is 27.3. The number of hydrogen-bond donors (Lipinski definition) is 2. The first kappa shape index (κ1) is 16.0. The summed E-state index contributed by atoms with van der Waals surface area (Å²) < 4.78 is 0. The van der Waals surface area contributed by atoms with E-state index in [2.05, 4.69) is 22.4 Å². The summed E-state index contributed by atoms with van der Waals surface area (Å²) in [6.45, 7) is 1.95. The van der Waals surface area contributed by atoms with Gasteiger partial charge >= 0.3 is 0 Å². The minimum absolute atomic E-state index is 0.0106. The molecule has 24 heavy (non-hydrogen) atoms. The molecular formula is C20H20N2O2. The number of rotatable bonds is 5. The Labute approximate surface area is 140 Å². The van der Waals surface area contributed by atoms with Crippen LogP contribution in [0.1, 0.15) is 29.3 Å². The average molecular weight is 320 g/mol. The van der Waals surface area contributed by atoms with Gasteiger partial charge in [0.1, 0.15) is 5.56 Å². The number of nitrogens with one attached hydrogen (secondary N) is 2. The molecule has 0 spiro atoms. The maximum Gasteiger partial charge on any atom is 0.261 e. The fourth-order valence-corrected chi connectivity index (χ4v) is 2.72. The van der Waals surface area contributed by atoms with Crippen LogP contribution in [0.4, 0.5) is 0 Å². The maximum absolute atomic E-state index is 12.4. The second-order valence-electron chi connectivity index (χ2n) is 6.00. The molecule has 1 heterocycles. The molecule has 0 fully saturated rings. The number of aromatic nitrogens is 1. The van der Waals surface area contributed by atoms with Crippen LogP contribution >= 0.6 is 0 Å². The van der Waals surface area contributed by atoms with Crippen LogP contribution in [-0.4, -0.2) is 16.9 Å². The fraction of sp³-hybridized carbons (Fsp3) is 0.200. The highest BCUT2D eigenvalue weighted by Crippen LogP contribution is 2.10. The molecule has 3 aromatic rings. The quantitative estimate of drug-likeness (QED) is 0.758. The number of aromatic amines is 1. The number of H-pyrrole nitrogens is 1. The number of fused-ring (bicyclic) bond motifs is 1. The lowest BCUT2D eigenvalue weighted by atomic mass is 10.1. The van der Waals surface area contributed by atoms with Crippen molar-refractivity contribution < 1.29 is 4.79 Å². The fourth-order valence-electron chi connectivity index (χ4n) is 2.72. The predicted molar refractivity (Wildman–Crippen MR) is 96.3 cm³/mol. The van der Waals surface area contributed by atoms with E-state index in [-0.39, 0.29) is 23.1 Å². The molecule has 0 aliphatic carbocycles. The molecule has 0 aliphatic rings. The monoisotopic (exact) mass is 320 g/mol. The Bertz CT molecular complexity index is 900. The summed E-state index contributed by atoms with van der Waals surface area (Å²) in [5.41, 5.74) is 1.76. The summed E-state index contributed by atoms with van der Waals surface area (Å²) in [7, 11) is 0. The van der Waals surface area contributed by atoms with Crippen molar-refractivity contribution in [1.29, 1.82) is 0 Å². The van der Waals surface area contributed by atoms with Crippen molar-refractivity contribution in [3.05, 3.63) is 82.1 Å². The number of benzene rings is 2. The van der Waals surface area contributed by atoms with Gasteiger partial charge in [-0.15, -0.1) is 0 Å². The molecule has 4 nitrogen and oxygen atoms in total. The van der Waals surface area contributed by atoms with Gasteiger partial charge in [0, 0.05) is 11.6 Å². The van der Waals surface area contributed by atoms with Crippen molar-refractivity contribution in [1.82, 2.24) is 10.3 Å². The van der Waals surface area contributed by atoms with E-state index in [4.69, 9.17) is 0 Å². The first-order chi connectivity index (χ1) is 11.6. The molecule has 0 saturated carbocycles. The largest absolute Gasteiger partial charge is 0.349 e. The number of carbonyl (C=O) groups excluding carboxylic acids is 1. The van der Waals surface area contributed by atoms with Gasteiger partial charge in [0.2, 0.25) is 0 Å². The molecular weight excluding hydrogens is 300 g/mol. The van der Waals surface area contributed by atoms with Crippen LogP contribution in [0.3, 0.4) is 0 Å². The van der Waals surface area contributed by atoms with Gasteiger partial charge in [-0.25, -0.2) is 0 Å². The highest BCUT2D eigenvalue weighted by atomic mass is 16.2. The van der Waals surface area contributed by atoms with Gasteiger partial charge in [-0.1, -0.05) is 48.5 Å². The number of carbonyl (C=O) groups is 1. The van der Waals surface area contributed by atoms with Gasteiger partial charge in [-0.05, 0) is 42.8 Å². The average Bonchev–Trinajstić information content (AvgIpc) is 2.60. The van der Waals surface area contributed by atoms with E-state index in [9.17, 15) is 9.59 Å². The Hall–Kier alpha value is -2.88. The first-order valence-corrected chi connectivity index (χ1v) is 8.10. The normalized spacial score (nSPS) is 12.0. The lowest BCUT2D eigenvalue weighted by Crippen LogP contribution is -2.36. The van der Waals surface area contributed by atoms with Crippen molar-refractivity contribution in [2.45, 2.75) is 25.8 Å². The molecule has 0 bridgehead atoms. The lowest BCUT2D eigenvalue weighted by molar-refractivity contribution is 0.0937. The van der Waals surface area contributed by atoms with E-state index < -0.39 is 0 Å². The van der Waals surface area contributed by atoms with Crippen molar-refractivity contribution in [2.75, 3.05) is 0 Å². The van der Waals surface area contributed by atoms with E-state index in [1.807, 2.05) is 49.4 Å². The zero-order chi connectivity index (χ0) is 16.9. The van der Waals surface area contributed by atoms with Crippen LogP contribution in [0.15, 0.2) is 65.5 Å². The van der Waals surface area contributed by atoms with Crippen molar-refractivity contribution in [3.63, 3.8) is 0 Å². The van der Waals surface area contributed by atoms with Crippen molar-refractivity contribution in [3.8, 4) is 0 Å². The van der Waals surface area contributed by atoms with Gasteiger partial charge in [-0.3, -0.25) is 9.59 Å². The van der Waals surface area contributed by atoms with E-state index in [1.54, 1.807) is 6.07 Å². The standard InChI is InChI=1S/C20H20N2O2/c1-14(11-12-15-7-3-2-4-8-15)21-19(23)17-13-16-9-5-6-10-18(16)22-20(17)24/h2-10,13-14H,11-12H2,1H3,(H,21,23)(H,22,24). The topological polar surface area (TPSA) is 62.0 Å². The molecule has 0 aliphatic heterocycles. The molecule has 4 heteroatoms. The number of aryl methyl sites for hydroxylation is 1. The van der Waals surface area contributed by atoms with Gasteiger partial charge in [0.15, 0.2) is 0 Å². The molecule has 1 amide bonds. The van der Waals surface area contributed by atoms with E-state index >= 15 is 0 Å². The number of amides is 1. The van der Waals surface area contributed by atoms with Crippen LogP contribution in [0.2, 0.25) is 0 Å². The molecule has 2 aromatic carbocycles. The lowest BCUT2D eigenvalue weighted by Gasteiger charge is -2.14. The summed E-state index contributed by atoms with van der Waals surface area (Å²) in [6, 6.07) is 19.2. The Morgan fingerprint density at radius 1 is 1.08 bits per heavy atom. The molecule has 2 N–H and O–H groups in total. The maximum atomic E-state index is 12.4. The molecule has 0 radical (unpaired) electrons. The molecule has 3 rings (SSSR count). The third-order valence-electron chi connectivity index (χ3n) is 4.08. The van der Waals surface area contributed by atoms with E-state index in [0.29, 0.717) is 0 Å². The van der Waals surface area contributed by atoms with Gasteiger partial charge < -0.3 is 10.3 Å². The second kappa shape index (κ2) is 7.13. The number of hydrogen-bond acceptors (Lipinski definition) is 2. The summed E-state index contributed by atoms with van der Waals surface area (Å²) in [5.74, 6) is -0.331. The Morgan fingerprint density at radius 2 is 1.79 bits per heavy atom. The molecule has 1 atom stereocenters. The van der Waals surface area contributed by atoms with Crippen LogP contribution in [0.5, 0.6) is 0 Å². The number of para-hydroxylation sites is 1. The SMILES string of the molecule is CC(CCc1ccccc1)NC(=O)c1cc2ccccc2[nH]c1=O. The Morgan fingerprint density at radius 3 is 2.58 bits per heavy atom. The van der Waals surface area contributed by atoms with E-state index in [1.165, 1.54) is 5.56 Å². The third-order valence-corrected chi connectivity index (χ3v) is 4.08. The summed E-state index contributed by atoms with van der Waals surface area (Å²) in [5, 5.41) is 3.76. The Kier molecular flexibility index (Phi) is 4.75. The predicted octanol–water partition coefficient (Wildman–Crippen LogP) is 3.28. The first-order valence-electron chi connectivity index (χ1n) is 8.10. The minimum atomic E-state index is -0.360. The molecule has 1 aromatic heterocycles. The Balaban J connectivity index is 1.68.